The van der Waals surface area contributed by atoms with Crippen molar-refractivity contribution in [2.24, 2.45) is 5.92 Å². The Morgan fingerprint density at radius 3 is 2.65 bits per heavy atom. The van der Waals surface area contributed by atoms with E-state index in [1.54, 1.807) is 7.11 Å². The van der Waals surface area contributed by atoms with Crippen LogP contribution in [0.2, 0.25) is 19.6 Å². The van der Waals surface area contributed by atoms with Gasteiger partial charge in [-0.3, -0.25) is 4.79 Å². The Hall–Kier alpha value is -0.303. The van der Waals surface area contributed by atoms with Crippen molar-refractivity contribution in [2.45, 2.75) is 51.4 Å². The number of carbonyl (C=O) groups is 1. The molecule has 20 heavy (non-hydrogen) atoms. The third-order valence-corrected chi connectivity index (χ3v) is 6.38. The van der Waals surface area contributed by atoms with Crippen molar-refractivity contribution in [1.82, 2.24) is 0 Å². The molecule has 4 nitrogen and oxygen atoms in total. The Morgan fingerprint density at radius 1 is 1.40 bits per heavy atom. The fourth-order valence-corrected chi connectivity index (χ4v) is 5.09. The Labute approximate surface area is 125 Å². The molecule has 0 heterocycles. The van der Waals surface area contributed by atoms with Crippen LogP contribution < -0.4 is 0 Å². The zero-order chi connectivity index (χ0) is 15.2. The summed E-state index contributed by atoms with van der Waals surface area (Å²) in [7, 11) is -0.151. The van der Waals surface area contributed by atoms with E-state index in [1.165, 1.54) is 0 Å². The van der Waals surface area contributed by atoms with Crippen molar-refractivity contribution in [3.63, 3.8) is 0 Å². The van der Waals surface area contributed by atoms with E-state index in [0.29, 0.717) is 12.2 Å². The zero-order valence-corrected chi connectivity index (χ0v) is 14.7. The van der Waals surface area contributed by atoms with Crippen LogP contribution in [0.3, 0.4) is 0 Å². The lowest BCUT2D eigenvalue weighted by molar-refractivity contribution is -0.128. The van der Waals surface area contributed by atoms with Gasteiger partial charge in [0, 0.05) is 19.4 Å². The maximum absolute atomic E-state index is 11.9. The van der Waals surface area contributed by atoms with Gasteiger partial charge in [0.05, 0.1) is 11.9 Å². The Morgan fingerprint density at radius 2 is 2.10 bits per heavy atom. The van der Waals surface area contributed by atoms with Crippen molar-refractivity contribution in [3.05, 3.63) is 12.2 Å². The summed E-state index contributed by atoms with van der Waals surface area (Å²) in [6.45, 7) is 6.02. The minimum Gasteiger partial charge on any atom is -0.377 e. The van der Waals surface area contributed by atoms with Crippen LogP contribution in [0.4, 0.5) is 0 Å². The smallest absolute Gasteiger partial charge is 0.205 e. The summed E-state index contributed by atoms with van der Waals surface area (Å²) in [5, 5.41) is 0. The summed E-state index contributed by atoms with van der Waals surface area (Å²) >= 11 is -1.29. The lowest BCUT2D eigenvalue weighted by atomic mass is 9.84. The number of ether oxygens (including phenoxy) is 1. The van der Waals surface area contributed by atoms with Gasteiger partial charge in [0.2, 0.25) is 8.32 Å². The van der Waals surface area contributed by atoms with Crippen molar-refractivity contribution in [2.75, 3.05) is 12.9 Å². The van der Waals surface area contributed by atoms with Crippen LogP contribution in [0.1, 0.15) is 25.7 Å². The molecule has 1 unspecified atom stereocenters. The first-order chi connectivity index (χ1) is 9.33. The van der Waals surface area contributed by atoms with E-state index in [9.17, 15) is 9.00 Å². The van der Waals surface area contributed by atoms with Crippen molar-refractivity contribution >= 4 is 25.2 Å². The van der Waals surface area contributed by atoms with Gasteiger partial charge in [-0.25, -0.2) is 4.21 Å². The van der Waals surface area contributed by atoms with Crippen LogP contribution in [0.25, 0.3) is 0 Å². The topological polar surface area (TPSA) is 52.6 Å². The minimum absolute atomic E-state index is 0.0451. The highest BCUT2D eigenvalue weighted by Gasteiger charge is 2.28. The molecule has 0 spiro atoms. The molecule has 0 radical (unpaired) electrons. The maximum atomic E-state index is 11.9. The van der Waals surface area contributed by atoms with E-state index in [-0.39, 0.29) is 17.8 Å². The van der Waals surface area contributed by atoms with Gasteiger partial charge in [-0.1, -0.05) is 18.6 Å². The van der Waals surface area contributed by atoms with Crippen LogP contribution in [-0.2, 0) is 24.5 Å². The molecule has 116 valence electrons. The van der Waals surface area contributed by atoms with Crippen LogP contribution in [-0.4, -0.2) is 37.3 Å². The molecule has 1 aliphatic rings. The third-order valence-electron chi connectivity index (χ3n) is 3.17. The molecule has 0 saturated heterocycles. The lowest BCUT2D eigenvalue weighted by Crippen LogP contribution is -2.31. The highest BCUT2D eigenvalue weighted by Crippen LogP contribution is 2.25. The van der Waals surface area contributed by atoms with Gasteiger partial charge in [0.1, 0.15) is 16.9 Å². The number of hydrogen-bond acceptors (Lipinski definition) is 4. The van der Waals surface area contributed by atoms with Crippen LogP contribution in [0.15, 0.2) is 12.2 Å². The highest BCUT2D eigenvalue weighted by molar-refractivity contribution is 7.81. The zero-order valence-electron chi connectivity index (χ0n) is 12.9. The first kappa shape index (κ1) is 17.7. The molecule has 1 fully saturated rings. The molecule has 0 amide bonds. The molecule has 0 N–H and O–H groups in total. The summed E-state index contributed by atoms with van der Waals surface area (Å²) in [4.78, 5) is 11.9. The van der Waals surface area contributed by atoms with Crippen LogP contribution in [0, 0.1) is 5.92 Å². The second kappa shape index (κ2) is 8.22. The van der Waals surface area contributed by atoms with Gasteiger partial charge in [0.15, 0.2) is 0 Å². The molecule has 0 aromatic rings. The standard InChI is InChI=1S/C14H26O4SSi/c1-17-14(12-8-5-6-9-13(12)15)10-7-11-19(16)18-20(2,3)4/h7,10,12,14H,5-6,8-9,11H2,1-4H3/b10-7-/t12-,14+,19?/m0/s1. The van der Waals surface area contributed by atoms with E-state index in [4.69, 9.17) is 8.61 Å². The number of ketones is 1. The summed E-state index contributed by atoms with van der Waals surface area (Å²) in [6, 6.07) is 0. The van der Waals surface area contributed by atoms with Gasteiger partial charge in [0.25, 0.3) is 0 Å². The molecule has 1 aliphatic carbocycles. The van der Waals surface area contributed by atoms with Gasteiger partial charge in [-0.15, -0.1) is 0 Å². The Balaban J connectivity index is 2.49. The van der Waals surface area contributed by atoms with E-state index >= 15 is 0 Å². The van der Waals surface area contributed by atoms with Crippen LogP contribution in [0.5, 0.6) is 0 Å². The molecule has 6 heteroatoms. The lowest BCUT2D eigenvalue weighted by Gasteiger charge is -2.25. The molecule has 0 aliphatic heterocycles. The SMILES string of the molecule is CO[C@H](/C=C\CS(=O)O[Si](C)(C)C)[C@H]1CCCCC1=O. The second-order valence-electron chi connectivity index (χ2n) is 6.11. The van der Waals surface area contributed by atoms with E-state index in [2.05, 4.69) is 0 Å². The number of methoxy groups -OCH3 is 1. The normalized spacial score (nSPS) is 24.0. The Kier molecular flexibility index (Phi) is 7.29. The fraction of sp³-hybridized carbons (Fsp3) is 0.786. The molecule has 1 saturated carbocycles. The van der Waals surface area contributed by atoms with Crippen LogP contribution >= 0.6 is 0 Å². The minimum atomic E-state index is -1.77. The van der Waals surface area contributed by atoms with Gasteiger partial charge in [-0.2, -0.15) is 0 Å². The fourth-order valence-electron chi connectivity index (χ4n) is 2.32. The molecular formula is C14H26O4SSi. The van der Waals surface area contributed by atoms with Crippen molar-refractivity contribution < 1.29 is 17.6 Å². The molecule has 1 rings (SSSR count). The van der Waals surface area contributed by atoms with E-state index in [1.807, 2.05) is 31.8 Å². The van der Waals surface area contributed by atoms with Gasteiger partial charge in [-0.05, 0) is 32.5 Å². The van der Waals surface area contributed by atoms with E-state index < -0.39 is 19.4 Å². The highest BCUT2D eigenvalue weighted by atomic mass is 32.2. The predicted molar refractivity (Wildman–Crippen MR) is 84.3 cm³/mol. The number of rotatable bonds is 7. The first-order valence-electron chi connectivity index (χ1n) is 7.13. The predicted octanol–water partition coefficient (Wildman–Crippen LogP) is 2.83. The second-order valence-corrected chi connectivity index (χ2v) is 11.9. The van der Waals surface area contributed by atoms with Crippen molar-refractivity contribution in [1.29, 1.82) is 0 Å². The Bertz CT molecular complexity index is 376. The quantitative estimate of drug-likeness (QED) is 0.535. The average molecular weight is 319 g/mol. The summed E-state index contributed by atoms with van der Waals surface area (Å²) in [5.74, 6) is 0.592. The molecular weight excluding hydrogens is 292 g/mol. The average Bonchev–Trinajstić information content (AvgIpc) is 2.34. The number of hydrogen-bond donors (Lipinski definition) is 0. The number of Topliss-reactive ketones (excluding diaryl/α,β-unsaturated/α-hetero) is 1. The third kappa shape index (κ3) is 6.43. The summed E-state index contributed by atoms with van der Waals surface area (Å²) in [6.07, 6.45) is 7.08. The summed E-state index contributed by atoms with van der Waals surface area (Å²) < 4.78 is 22.6. The molecule has 0 aromatic carbocycles. The molecule has 0 aromatic heterocycles. The van der Waals surface area contributed by atoms with Crippen molar-refractivity contribution in [3.8, 4) is 0 Å². The molecule has 0 bridgehead atoms. The molecule has 3 atom stereocenters. The first-order valence-corrected chi connectivity index (χ1v) is 11.8. The van der Waals surface area contributed by atoms with Gasteiger partial charge >= 0.3 is 0 Å². The summed E-state index contributed by atoms with van der Waals surface area (Å²) in [5.41, 5.74) is 0. The largest absolute Gasteiger partial charge is 0.377 e. The number of carbonyl (C=O) groups excluding carboxylic acids is 1. The maximum Gasteiger partial charge on any atom is 0.205 e. The monoisotopic (exact) mass is 318 g/mol. The van der Waals surface area contributed by atoms with Gasteiger partial charge < -0.3 is 8.61 Å². The van der Waals surface area contributed by atoms with E-state index in [0.717, 1.165) is 19.3 Å².